The summed E-state index contributed by atoms with van der Waals surface area (Å²) in [6.07, 6.45) is 14.4. The molecule has 7 rings (SSSR count). The predicted octanol–water partition coefficient (Wildman–Crippen LogP) is 2.77. The summed E-state index contributed by atoms with van der Waals surface area (Å²) in [6, 6.07) is 1.61. The highest BCUT2D eigenvalue weighted by Crippen LogP contribution is 2.60. The van der Waals surface area contributed by atoms with Crippen LogP contribution in [-0.2, 0) is 9.59 Å². The van der Waals surface area contributed by atoms with E-state index in [1.807, 2.05) is 11.0 Å². The van der Waals surface area contributed by atoms with E-state index in [0.29, 0.717) is 5.91 Å². The Morgan fingerprint density at radius 3 is 2.28 bits per heavy atom. The van der Waals surface area contributed by atoms with Gasteiger partial charge in [0.25, 0.3) is 0 Å². The van der Waals surface area contributed by atoms with Crippen molar-refractivity contribution in [1.82, 2.24) is 20.2 Å². The van der Waals surface area contributed by atoms with Gasteiger partial charge in [-0.25, -0.2) is 9.97 Å². The first-order chi connectivity index (χ1) is 15.6. The number of piperidine rings is 1. The summed E-state index contributed by atoms with van der Waals surface area (Å²) >= 11 is 0. The molecule has 0 spiro atoms. The van der Waals surface area contributed by atoms with Gasteiger partial charge in [-0.15, -0.1) is 0 Å². The number of likely N-dealkylation sites (tertiary alicyclic amines) is 1. The number of nitrogens with one attached hydrogen (secondary N) is 1. The molecule has 6 aliphatic rings. The minimum Gasteiger partial charge on any atom is -0.350 e. The lowest BCUT2D eigenvalue weighted by molar-refractivity contribution is -0.160. The number of carbonyl (C=O) groups excluding carboxylic acids is 2. The molecule has 1 aromatic rings. The molecule has 3 heterocycles. The van der Waals surface area contributed by atoms with Gasteiger partial charge in [-0.3, -0.25) is 9.59 Å². The van der Waals surface area contributed by atoms with Crippen molar-refractivity contribution in [2.24, 2.45) is 23.2 Å². The van der Waals surface area contributed by atoms with E-state index in [0.717, 1.165) is 88.3 Å². The maximum absolute atomic E-state index is 13.9. The largest absolute Gasteiger partial charge is 0.350 e. The van der Waals surface area contributed by atoms with Gasteiger partial charge in [0.15, 0.2) is 0 Å². The maximum atomic E-state index is 13.9. The summed E-state index contributed by atoms with van der Waals surface area (Å²) in [4.78, 5) is 40.1. The minimum atomic E-state index is -0.293. The van der Waals surface area contributed by atoms with Crippen LogP contribution in [0.3, 0.4) is 0 Å². The predicted molar refractivity (Wildman–Crippen MR) is 121 cm³/mol. The summed E-state index contributed by atoms with van der Waals surface area (Å²) in [7, 11) is 0. The zero-order valence-electron chi connectivity index (χ0n) is 18.9. The zero-order valence-corrected chi connectivity index (χ0v) is 18.9. The van der Waals surface area contributed by atoms with E-state index in [9.17, 15) is 9.59 Å². The topological polar surface area (TPSA) is 78.4 Å². The van der Waals surface area contributed by atoms with Crippen molar-refractivity contribution in [1.29, 1.82) is 0 Å². The molecule has 2 saturated heterocycles. The number of anilines is 1. The van der Waals surface area contributed by atoms with Crippen LogP contribution in [0.4, 0.5) is 5.95 Å². The van der Waals surface area contributed by atoms with Gasteiger partial charge < -0.3 is 15.1 Å². The van der Waals surface area contributed by atoms with Gasteiger partial charge in [0.05, 0.1) is 5.41 Å². The molecule has 6 fully saturated rings. The van der Waals surface area contributed by atoms with Crippen LogP contribution >= 0.6 is 0 Å². The maximum Gasteiger partial charge on any atom is 0.243 e. The summed E-state index contributed by atoms with van der Waals surface area (Å²) < 4.78 is 0. The molecule has 4 bridgehead atoms. The molecule has 2 amide bonds. The van der Waals surface area contributed by atoms with Gasteiger partial charge in [-0.05, 0) is 88.0 Å². The SMILES string of the molecule is O=C(NC1CCCN(c2ncccn2)C1)C1CCCN1C(=O)C12CC3CC(CC(C3)C1)C2. The van der Waals surface area contributed by atoms with E-state index >= 15 is 0 Å². The van der Waals surface area contributed by atoms with Crippen LogP contribution in [0, 0.1) is 23.2 Å². The smallest absolute Gasteiger partial charge is 0.243 e. The van der Waals surface area contributed by atoms with Gasteiger partial charge in [0.2, 0.25) is 17.8 Å². The average molecular weight is 438 g/mol. The fraction of sp³-hybridized carbons (Fsp3) is 0.760. The highest BCUT2D eigenvalue weighted by Gasteiger charge is 2.56. The number of nitrogens with zero attached hydrogens (tertiary/aromatic N) is 4. The molecule has 172 valence electrons. The first kappa shape index (κ1) is 20.4. The molecule has 2 atom stereocenters. The minimum absolute atomic E-state index is 0.0430. The number of hydrogen-bond acceptors (Lipinski definition) is 5. The Morgan fingerprint density at radius 1 is 0.938 bits per heavy atom. The first-order valence-corrected chi connectivity index (χ1v) is 12.7. The highest BCUT2D eigenvalue weighted by molar-refractivity contribution is 5.91. The van der Waals surface area contributed by atoms with E-state index in [1.54, 1.807) is 12.4 Å². The lowest BCUT2D eigenvalue weighted by Gasteiger charge is -2.56. The first-order valence-electron chi connectivity index (χ1n) is 12.7. The van der Waals surface area contributed by atoms with Crippen molar-refractivity contribution >= 4 is 17.8 Å². The second-order valence-electron chi connectivity index (χ2n) is 11.2. The molecule has 1 aromatic heterocycles. The molecular formula is C25H35N5O2. The van der Waals surface area contributed by atoms with Gasteiger partial charge in [-0.1, -0.05) is 0 Å². The number of carbonyl (C=O) groups is 2. The number of amides is 2. The molecule has 1 N–H and O–H groups in total. The van der Waals surface area contributed by atoms with Crippen molar-refractivity contribution in [3.63, 3.8) is 0 Å². The van der Waals surface area contributed by atoms with Crippen molar-refractivity contribution in [3.05, 3.63) is 18.5 Å². The molecule has 7 heteroatoms. The summed E-state index contributed by atoms with van der Waals surface area (Å²) in [5.41, 5.74) is -0.163. The fourth-order valence-corrected chi connectivity index (χ4v) is 7.99. The zero-order chi connectivity index (χ0) is 21.7. The van der Waals surface area contributed by atoms with E-state index in [2.05, 4.69) is 20.2 Å². The van der Waals surface area contributed by atoms with E-state index in [4.69, 9.17) is 0 Å². The molecule has 32 heavy (non-hydrogen) atoms. The quantitative estimate of drug-likeness (QED) is 0.784. The van der Waals surface area contributed by atoms with Crippen molar-refractivity contribution in [2.45, 2.75) is 76.3 Å². The van der Waals surface area contributed by atoms with Crippen LogP contribution < -0.4 is 10.2 Å². The molecule has 7 nitrogen and oxygen atoms in total. The van der Waals surface area contributed by atoms with Crippen LogP contribution in [0.5, 0.6) is 0 Å². The molecule has 0 aromatic carbocycles. The normalized spacial score (nSPS) is 38.2. The molecule has 4 saturated carbocycles. The molecule has 0 radical (unpaired) electrons. The van der Waals surface area contributed by atoms with Crippen LogP contribution in [-0.4, -0.2) is 58.4 Å². The monoisotopic (exact) mass is 437 g/mol. The standard InChI is InChI=1S/C25H35N5O2/c31-22(28-20-4-1-8-29(16-20)24-26-6-3-7-27-24)21-5-2-9-30(21)23(32)25-13-17-10-18(14-25)12-19(11-17)15-25/h3,6-7,17-21H,1-2,4-5,8-16H2,(H,28,31). The Bertz CT molecular complexity index is 839. The van der Waals surface area contributed by atoms with E-state index < -0.39 is 0 Å². The third kappa shape index (κ3) is 3.57. The average Bonchev–Trinajstić information content (AvgIpc) is 3.28. The van der Waals surface area contributed by atoms with Gasteiger partial charge in [-0.2, -0.15) is 0 Å². The Morgan fingerprint density at radius 2 is 1.59 bits per heavy atom. The number of rotatable bonds is 4. The third-order valence-corrected chi connectivity index (χ3v) is 8.91. The Hall–Kier alpha value is -2.18. The Kier molecular flexibility index (Phi) is 5.10. The van der Waals surface area contributed by atoms with Crippen LogP contribution in [0.2, 0.25) is 0 Å². The number of hydrogen-bond donors (Lipinski definition) is 1. The third-order valence-electron chi connectivity index (χ3n) is 8.91. The Balaban J connectivity index is 1.12. The van der Waals surface area contributed by atoms with E-state index in [1.165, 1.54) is 19.3 Å². The van der Waals surface area contributed by atoms with Crippen molar-refractivity contribution in [2.75, 3.05) is 24.5 Å². The molecular weight excluding hydrogens is 402 g/mol. The second-order valence-corrected chi connectivity index (χ2v) is 11.2. The van der Waals surface area contributed by atoms with Crippen LogP contribution in [0.1, 0.15) is 64.2 Å². The van der Waals surface area contributed by atoms with Crippen molar-refractivity contribution < 1.29 is 9.59 Å². The summed E-state index contributed by atoms with van der Waals surface area (Å²) in [5, 5.41) is 3.29. The van der Waals surface area contributed by atoms with Gasteiger partial charge >= 0.3 is 0 Å². The Labute approximate surface area is 190 Å². The highest BCUT2D eigenvalue weighted by atomic mass is 16.2. The molecule has 2 unspecified atom stereocenters. The van der Waals surface area contributed by atoms with Gasteiger partial charge in [0.1, 0.15) is 6.04 Å². The molecule has 4 aliphatic carbocycles. The van der Waals surface area contributed by atoms with Crippen LogP contribution in [0.25, 0.3) is 0 Å². The van der Waals surface area contributed by atoms with Crippen LogP contribution in [0.15, 0.2) is 18.5 Å². The summed E-state index contributed by atoms with van der Waals surface area (Å²) in [6.45, 7) is 2.38. The summed E-state index contributed by atoms with van der Waals surface area (Å²) in [5.74, 6) is 3.31. The fourth-order valence-electron chi connectivity index (χ4n) is 7.99. The molecule has 2 aliphatic heterocycles. The second kappa shape index (κ2) is 7.99. The van der Waals surface area contributed by atoms with Gasteiger partial charge in [0, 0.05) is 38.1 Å². The lowest BCUT2D eigenvalue weighted by Crippen LogP contribution is -2.58. The lowest BCUT2D eigenvalue weighted by atomic mass is 9.49. The van der Waals surface area contributed by atoms with Crippen molar-refractivity contribution in [3.8, 4) is 0 Å². The number of aromatic nitrogens is 2. The van der Waals surface area contributed by atoms with E-state index in [-0.39, 0.29) is 23.4 Å².